The molecule has 0 spiro atoms. The average Bonchev–Trinajstić information content (AvgIpc) is 3.40. The Balaban J connectivity index is 1.29. The molecular formula is C25H32O14. The molecule has 0 amide bonds. The van der Waals surface area contributed by atoms with Crippen molar-refractivity contribution in [2.75, 3.05) is 19.8 Å². The Bertz CT molecular complexity index is 1250. The summed E-state index contributed by atoms with van der Waals surface area (Å²) in [7, 11) is 0. The lowest BCUT2D eigenvalue weighted by molar-refractivity contribution is -0.337. The first-order chi connectivity index (χ1) is 18.4. The number of aliphatic hydroxyl groups excluding tert-OH is 6. The van der Waals surface area contributed by atoms with Crippen molar-refractivity contribution in [3.63, 3.8) is 0 Å². The van der Waals surface area contributed by atoms with Crippen LogP contribution in [0.1, 0.15) is 25.5 Å². The molecule has 1 aromatic heterocycles. The molecule has 0 saturated carbocycles. The summed E-state index contributed by atoms with van der Waals surface area (Å²) in [4.78, 5) is 11.8. The summed E-state index contributed by atoms with van der Waals surface area (Å²) in [5, 5.41) is 72.8. The zero-order valence-electron chi connectivity index (χ0n) is 21.1. The summed E-state index contributed by atoms with van der Waals surface area (Å²) in [5.41, 5.74) is -3.47. The predicted octanol–water partition coefficient (Wildman–Crippen LogP) is -2.35. The Hall–Kier alpha value is -2.21. The highest BCUT2D eigenvalue weighted by molar-refractivity contribution is 5.83. The second kappa shape index (κ2) is 10.3. The SMILES string of the molecule is CC(C)(OC1OC(COC2OC[C@](O)(CO)C2O)C(O)C(O)C1O)C1Oc2ccc3ccc(=O)oc3c2C1O. The highest BCUT2D eigenvalue weighted by atomic mass is 16.7. The minimum atomic E-state index is -1.92. The smallest absolute Gasteiger partial charge is 0.336 e. The molecule has 10 atom stereocenters. The fraction of sp³-hybridized carbons (Fsp3) is 0.640. The Morgan fingerprint density at radius 2 is 1.74 bits per heavy atom. The van der Waals surface area contributed by atoms with E-state index in [0.29, 0.717) is 5.39 Å². The molecule has 2 fully saturated rings. The van der Waals surface area contributed by atoms with Gasteiger partial charge in [-0.3, -0.25) is 0 Å². The van der Waals surface area contributed by atoms with Crippen molar-refractivity contribution in [1.82, 2.24) is 0 Å². The van der Waals surface area contributed by atoms with Crippen molar-refractivity contribution in [2.45, 2.75) is 80.4 Å². The van der Waals surface area contributed by atoms with E-state index in [4.69, 9.17) is 28.1 Å². The highest BCUT2D eigenvalue weighted by Crippen LogP contribution is 2.45. The Labute approximate surface area is 221 Å². The monoisotopic (exact) mass is 556 g/mol. The van der Waals surface area contributed by atoms with E-state index in [-0.39, 0.29) is 16.9 Å². The van der Waals surface area contributed by atoms with E-state index < -0.39 is 92.0 Å². The van der Waals surface area contributed by atoms with Gasteiger partial charge in [0.2, 0.25) is 0 Å². The average molecular weight is 557 g/mol. The van der Waals surface area contributed by atoms with Crippen LogP contribution in [0, 0.1) is 0 Å². The number of benzene rings is 1. The molecule has 3 aliphatic rings. The number of aliphatic hydroxyl groups is 7. The van der Waals surface area contributed by atoms with E-state index in [0.717, 1.165) is 0 Å². The van der Waals surface area contributed by atoms with Crippen LogP contribution in [-0.4, -0.2) is 116 Å². The maximum Gasteiger partial charge on any atom is 0.336 e. The molecule has 14 nitrogen and oxygen atoms in total. The lowest BCUT2D eigenvalue weighted by Gasteiger charge is -2.44. The van der Waals surface area contributed by atoms with Crippen molar-refractivity contribution >= 4 is 11.0 Å². The van der Waals surface area contributed by atoms with Crippen molar-refractivity contribution in [1.29, 1.82) is 0 Å². The van der Waals surface area contributed by atoms with E-state index in [9.17, 15) is 40.5 Å². The fourth-order valence-corrected chi connectivity index (χ4v) is 5.04. The summed E-state index contributed by atoms with van der Waals surface area (Å²) in [6.45, 7) is 1.50. The van der Waals surface area contributed by atoms with Gasteiger partial charge in [-0.25, -0.2) is 4.79 Å². The number of hydrogen-bond acceptors (Lipinski definition) is 14. The first-order valence-corrected chi connectivity index (χ1v) is 12.4. The molecular weight excluding hydrogens is 524 g/mol. The highest BCUT2D eigenvalue weighted by Gasteiger charge is 2.52. The van der Waals surface area contributed by atoms with E-state index >= 15 is 0 Å². The first kappa shape index (κ1) is 28.3. The normalized spacial score (nSPS) is 38.6. The van der Waals surface area contributed by atoms with Crippen molar-refractivity contribution in [3.8, 4) is 5.75 Å². The molecule has 0 aliphatic carbocycles. The second-order valence-electron chi connectivity index (χ2n) is 10.6. The maximum atomic E-state index is 11.8. The van der Waals surface area contributed by atoms with Gasteiger partial charge in [0.15, 0.2) is 18.7 Å². The summed E-state index contributed by atoms with van der Waals surface area (Å²) in [6, 6.07) is 6.11. The van der Waals surface area contributed by atoms with Crippen LogP contribution in [0.15, 0.2) is 33.5 Å². The molecule has 216 valence electrons. The molecule has 0 radical (unpaired) electrons. The number of fused-ring (bicyclic) bond motifs is 3. The number of ether oxygens (including phenoxy) is 5. The van der Waals surface area contributed by atoms with Crippen LogP contribution in [0.4, 0.5) is 0 Å². The Morgan fingerprint density at radius 1 is 1.03 bits per heavy atom. The lowest BCUT2D eigenvalue weighted by Crippen LogP contribution is -2.62. The van der Waals surface area contributed by atoms with Gasteiger partial charge in [0, 0.05) is 11.5 Å². The Morgan fingerprint density at radius 3 is 2.44 bits per heavy atom. The van der Waals surface area contributed by atoms with Crippen molar-refractivity contribution < 1.29 is 63.8 Å². The zero-order chi connectivity index (χ0) is 28.3. The van der Waals surface area contributed by atoms with Crippen molar-refractivity contribution in [3.05, 3.63) is 40.2 Å². The molecule has 39 heavy (non-hydrogen) atoms. The summed E-state index contributed by atoms with van der Waals surface area (Å²) < 4.78 is 33.5. The van der Waals surface area contributed by atoms with Crippen LogP contribution in [0.5, 0.6) is 5.75 Å². The zero-order valence-corrected chi connectivity index (χ0v) is 21.1. The number of hydrogen-bond donors (Lipinski definition) is 7. The van der Waals surface area contributed by atoms with Gasteiger partial charge in [0.25, 0.3) is 0 Å². The largest absolute Gasteiger partial charge is 0.484 e. The van der Waals surface area contributed by atoms with E-state index in [1.807, 2.05) is 0 Å². The molecule has 0 bridgehead atoms. The molecule has 5 rings (SSSR count). The minimum absolute atomic E-state index is 0.167. The van der Waals surface area contributed by atoms with Gasteiger partial charge in [0.1, 0.15) is 59.2 Å². The molecule has 4 heterocycles. The molecule has 2 aromatic rings. The minimum Gasteiger partial charge on any atom is -0.484 e. The van der Waals surface area contributed by atoms with Crippen molar-refractivity contribution in [2.24, 2.45) is 0 Å². The van der Waals surface area contributed by atoms with Gasteiger partial charge >= 0.3 is 5.63 Å². The summed E-state index contributed by atoms with van der Waals surface area (Å²) >= 11 is 0. The quantitative estimate of drug-likeness (QED) is 0.178. The third-order valence-corrected chi connectivity index (χ3v) is 7.40. The first-order valence-electron chi connectivity index (χ1n) is 12.4. The number of rotatable bonds is 7. The summed E-state index contributed by atoms with van der Waals surface area (Å²) in [6.07, 6.45) is -13.1. The second-order valence-corrected chi connectivity index (χ2v) is 10.6. The predicted molar refractivity (Wildman–Crippen MR) is 127 cm³/mol. The van der Waals surface area contributed by atoms with Gasteiger partial charge in [-0.05, 0) is 32.0 Å². The lowest BCUT2D eigenvalue weighted by atomic mass is 9.92. The van der Waals surface area contributed by atoms with E-state index in [1.165, 1.54) is 6.07 Å². The molecule has 3 aliphatic heterocycles. The third-order valence-electron chi connectivity index (χ3n) is 7.40. The van der Waals surface area contributed by atoms with Gasteiger partial charge in [-0.2, -0.15) is 0 Å². The van der Waals surface area contributed by atoms with Crippen LogP contribution < -0.4 is 10.4 Å². The van der Waals surface area contributed by atoms with Gasteiger partial charge in [-0.1, -0.05) is 0 Å². The van der Waals surface area contributed by atoms with Crippen LogP contribution in [0.3, 0.4) is 0 Å². The van der Waals surface area contributed by atoms with Crippen LogP contribution in [0.2, 0.25) is 0 Å². The van der Waals surface area contributed by atoms with Gasteiger partial charge in [-0.15, -0.1) is 0 Å². The Kier molecular flexibility index (Phi) is 7.49. The van der Waals surface area contributed by atoms with Gasteiger partial charge in [0.05, 0.1) is 25.4 Å². The summed E-state index contributed by atoms with van der Waals surface area (Å²) in [5.74, 6) is 0.274. The fourth-order valence-electron chi connectivity index (χ4n) is 5.04. The topological polar surface area (TPSA) is 218 Å². The van der Waals surface area contributed by atoms with Gasteiger partial charge < -0.3 is 63.8 Å². The van der Waals surface area contributed by atoms with E-state index in [2.05, 4.69) is 0 Å². The molecule has 14 heteroatoms. The molecule has 1 aromatic carbocycles. The molecule has 7 N–H and O–H groups in total. The maximum absolute atomic E-state index is 11.8. The molecule has 2 saturated heterocycles. The van der Waals surface area contributed by atoms with Crippen LogP contribution in [-0.2, 0) is 18.9 Å². The van der Waals surface area contributed by atoms with E-state index in [1.54, 1.807) is 32.0 Å². The van der Waals surface area contributed by atoms with Crippen LogP contribution in [0.25, 0.3) is 11.0 Å². The standard InChI is InChI=1S/C25H32O14/c1-24(2,21-16(29)14-11(36-21)5-3-10-4-6-13(27)38-19(10)14)39-22-18(31)17(30)15(28)12(37-22)7-34-23-20(32)25(33,8-26)9-35-23/h3-6,12,15-18,20-23,26,28-33H,7-9H2,1-2H3/t12?,15?,16?,17?,18?,20?,21?,22?,23?,25-/m1/s1. The molecule has 9 unspecified atom stereocenters. The third kappa shape index (κ3) is 4.96. The van der Waals surface area contributed by atoms with Crippen LogP contribution >= 0.6 is 0 Å².